The van der Waals surface area contributed by atoms with Crippen molar-refractivity contribution in [3.8, 4) is 0 Å². The Balaban J connectivity index is 3.03. The molecule has 0 fully saturated rings. The number of rotatable bonds is 1. The molecule has 0 saturated carbocycles. The molecule has 0 amide bonds. The van der Waals surface area contributed by atoms with E-state index in [9.17, 15) is 9.90 Å². The van der Waals surface area contributed by atoms with Crippen molar-refractivity contribution in [2.24, 2.45) is 5.92 Å². The van der Waals surface area contributed by atoms with Crippen LogP contribution in [0.4, 0.5) is 0 Å². The molecule has 0 aromatic carbocycles. The highest BCUT2D eigenvalue weighted by Gasteiger charge is 2.32. The van der Waals surface area contributed by atoms with Crippen molar-refractivity contribution >= 4 is 16.9 Å². The molecule has 0 radical (unpaired) electrons. The lowest BCUT2D eigenvalue weighted by molar-refractivity contribution is -0.108. The Kier molecular flexibility index (Phi) is 3.43. The van der Waals surface area contributed by atoms with Crippen LogP contribution in [0.15, 0.2) is 23.0 Å². The van der Waals surface area contributed by atoms with Gasteiger partial charge in [-0.3, -0.25) is 4.79 Å². The predicted octanol–water partition coefficient (Wildman–Crippen LogP) is 3.06. The number of thioether (sulfide) groups is 1. The number of aliphatic hydroxyl groups is 1. The van der Waals surface area contributed by atoms with Gasteiger partial charge in [0.2, 0.25) is 5.12 Å². The lowest BCUT2D eigenvalue weighted by atomic mass is 9.96. The average Bonchev–Trinajstić information content (AvgIpc) is 2.19. The summed E-state index contributed by atoms with van der Waals surface area (Å²) in [6, 6.07) is 0. The lowest BCUT2D eigenvalue weighted by Gasteiger charge is -2.28. The Labute approximate surface area is 89.1 Å². The van der Waals surface area contributed by atoms with Gasteiger partial charge in [0.25, 0.3) is 0 Å². The Morgan fingerprint density at radius 2 is 2.14 bits per heavy atom. The molecule has 14 heavy (non-hydrogen) atoms. The van der Waals surface area contributed by atoms with Crippen LogP contribution in [0.25, 0.3) is 0 Å². The summed E-state index contributed by atoms with van der Waals surface area (Å²) in [5.74, 6) is 0.286. The van der Waals surface area contributed by atoms with Gasteiger partial charge in [0.1, 0.15) is 5.76 Å². The van der Waals surface area contributed by atoms with Crippen LogP contribution in [0.1, 0.15) is 27.7 Å². The molecule has 0 spiro atoms. The third-order valence-corrected chi connectivity index (χ3v) is 4.27. The van der Waals surface area contributed by atoms with E-state index in [-0.39, 0.29) is 22.0 Å². The average molecular weight is 212 g/mol. The second-order valence-corrected chi connectivity index (χ2v) is 4.77. The zero-order valence-corrected chi connectivity index (χ0v) is 9.81. The van der Waals surface area contributed by atoms with E-state index in [1.165, 1.54) is 11.8 Å². The zero-order valence-electron chi connectivity index (χ0n) is 9.00. The summed E-state index contributed by atoms with van der Waals surface area (Å²) in [4.78, 5) is 11.5. The minimum Gasteiger partial charge on any atom is -0.512 e. The molecule has 0 aromatic heterocycles. The van der Waals surface area contributed by atoms with Gasteiger partial charge in [-0.15, -0.1) is 0 Å². The molecule has 1 heterocycles. The molecule has 1 N–H and O–H groups in total. The summed E-state index contributed by atoms with van der Waals surface area (Å²) in [5, 5.41) is 9.84. The maximum absolute atomic E-state index is 11.5. The van der Waals surface area contributed by atoms with Gasteiger partial charge in [-0.2, -0.15) is 0 Å². The molecule has 2 atom stereocenters. The third-order valence-electron chi connectivity index (χ3n) is 2.71. The van der Waals surface area contributed by atoms with E-state index < -0.39 is 0 Å². The topological polar surface area (TPSA) is 37.3 Å². The Morgan fingerprint density at radius 3 is 2.64 bits per heavy atom. The SMILES string of the molecule is C/C=C(\C)[C@H]1SC(=O)C(C)=C(O)[C@H]1C. The largest absolute Gasteiger partial charge is 0.512 e. The molecule has 3 heteroatoms. The van der Waals surface area contributed by atoms with Crippen LogP contribution in [0.2, 0.25) is 0 Å². The van der Waals surface area contributed by atoms with Gasteiger partial charge < -0.3 is 5.11 Å². The van der Waals surface area contributed by atoms with Crippen molar-refractivity contribution in [1.82, 2.24) is 0 Å². The minimum atomic E-state index is -0.00759. The van der Waals surface area contributed by atoms with Crippen LogP contribution in [-0.2, 0) is 4.79 Å². The van der Waals surface area contributed by atoms with E-state index in [1.54, 1.807) is 6.92 Å². The minimum absolute atomic E-state index is 0.00759. The summed E-state index contributed by atoms with van der Waals surface area (Å²) in [6.45, 7) is 7.59. The molecule has 0 aliphatic carbocycles. The number of hydrogen-bond donors (Lipinski definition) is 1. The van der Waals surface area contributed by atoms with Crippen molar-refractivity contribution in [3.05, 3.63) is 23.0 Å². The highest BCUT2D eigenvalue weighted by atomic mass is 32.2. The summed E-state index contributed by atoms with van der Waals surface area (Å²) in [6.07, 6.45) is 2.00. The molecule has 0 bridgehead atoms. The van der Waals surface area contributed by atoms with Crippen LogP contribution in [-0.4, -0.2) is 15.5 Å². The van der Waals surface area contributed by atoms with E-state index in [1.807, 2.05) is 26.8 Å². The first kappa shape index (κ1) is 11.4. The van der Waals surface area contributed by atoms with Crippen LogP contribution in [0, 0.1) is 5.92 Å². The fourth-order valence-corrected chi connectivity index (χ4v) is 2.71. The highest BCUT2D eigenvalue weighted by Crippen LogP contribution is 2.38. The van der Waals surface area contributed by atoms with Crippen molar-refractivity contribution in [2.75, 3.05) is 0 Å². The summed E-state index contributed by atoms with van der Waals surface area (Å²) >= 11 is 1.31. The molecule has 2 nitrogen and oxygen atoms in total. The first-order valence-corrected chi connectivity index (χ1v) is 5.60. The molecule has 1 rings (SSSR count). The molecular formula is C11H16O2S. The second-order valence-electron chi connectivity index (χ2n) is 3.66. The highest BCUT2D eigenvalue weighted by molar-refractivity contribution is 8.14. The fraction of sp³-hybridized carbons (Fsp3) is 0.545. The summed E-state index contributed by atoms with van der Waals surface area (Å²) < 4.78 is 0. The Hall–Kier alpha value is -0.700. The number of hydrogen-bond acceptors (Lipinski definition) is 3. The third kappa shape index (κ3) is 1.87. The first-order chi connectivity index (χ1) is 6.49. The predicted molar refractivity (Wildman–Crippen MR) is 60.3 cm³/mol. The van der Waals surface area contributed by atoms with Crippen molar-refractivity contribution < 1.29 is 9.90 Å². The second kappa shape index (κ2) is 4.22. The molecular weight excluding hydrogens is 196 g/mol. The monoisotopic (exact) mass is 212 g/mol. The molecule has 1 aliphatic heterocycles. The first-order valence-electron chi connectivity index (χ1n) is 4.72. The Morgan fingerprint density at radius 1 is 1.57 bits per heavy atom. The maximum Gasteiger partial charge on any atom is 0.219 e. The normalized spacial score (nSPS) is 29.7. The fourth-order valence-electron chi connectivity index (χ4n) is 1.55. The molecule has 0 aromatic rings. The van der Waals surface area contributed by atoms with Gasteiger partial charge in [-0.25, -0.2) is 0 Å². The summed E-state index contributed by atoms with van der Waals surface area (Å²) in [5.41, 5.74) is 1.65. The van der Waals surface area contributed by atoms with E-state index in [4.69, 9.17) is 0 Å². The van der Waals surface area contributed by atoms with Gasteiger partial charge in [0.15, 0.2) is 0 Å². The van der Waals surface area contributed by atoms with Crippen LogP contribution >= 0.6 is 11.8 Å². The lowest BCUT2D eigenvalue weighted by Crippen LogP contribution is -2.26. The van der Waals surface area contributed by atoms with Crippen LogP contribution in [0.5, 0.6) is 0 Å². The molecule has 0 unspecified atom stereocenters. The number of allylic oxidation sites excluding steroid dienone is 2. The smallest absolute Gasteiger partial charge is 0.219 e. The van der Waals surface area contributed by atoms with Crippen LogP contribution in [0.3, 0.4) is 0 Å². The number of carbonyl (C=O) groups excluding carboxylic acids is 1. The zero-order chi connectivity index (χ0) is 10.9. The van der Waals surface area contributed by atoms with Gasteiger partial charge >= 0.3 is 0 Å². The standard InChI is InChI=1S/C11H16O2S/c1-5-6(2)10-7(3)9(12)8(4)11(13)14-10/h5,7,10,12H,1-4H3/b6-5+/t7-,10-/m1/s1. The summed E-state index contributed by atoms with van der Waals surface area (Å²) in [7, 11) is 0. The van der Waals surface area contributed by atoms with Gasteiger partial charge in [0, 0.05) is 16.7 Å². The van der Waals surface area contributed by atoms with Gasteiger partial charge in [0.05, 0.1) is 0 Å². The van der Waals surface area contributed by atoms with E-state index in [0.29, 0.717) is 5.57 Å². The van der Waals surface area contributed by atoms with Gasteiger partial charge in [-0.05, 0) is 20.8 Å². The van der Waals surface area contributed by atoms with Crippen molar-refractivity contribution in [2.45, 2.75) is 32.9 Å². The van der Waals surface area contributed by atoms with Crippen molar-refractivity contribution in [1.29, 1.82) is 0 Å². The van der Waals surface area contributed by atoms with Gasteiger partial charge in [-0.1, -0.05) is 30.3 Å². The molecule has 78 valence electrons. The number of carbonyl (C=O) groups is 1. The maximum atomic E-state index is 11.5. The van der Waals surface area contributed by atoms with E-state index in [0.717, 1.165) is 5.57 Å². The molecule has 0 saturated heterocycles. The van der Waals surface area contributed by atoms with E-state index >= 15 is 0 Å². The van der Waals surface area contributed by atoms with Crippen molar-refractivity contribution in [3.63, 3.8) is 0 Å². The van der Waals surface area contributed by atoms with E-state index in [2.05, 4.69) is 0 Å². The molecule has 1 aliphatic rings. The number of aliphatic hydroxyl groups excluding tert-OH is 1. The van der Waals surface area contributed by atoms with Crippen LogP contribution < -0.4 is 0 Å². The quantitative estimate of drug-likeness (QED) is 0.679. The Bertz CT molecular complexity index is 315.